The van der Waals surface area contributed by atoms with Crippen LogP contribution in [0.25, 0.3) is 173 Å². The highest BCUT2D eigenvalue weighted by molar-refractivity contribution is 7.26. The van der Waals surface area contributed by atoms with E-state index in [-0.39, 0.29) is 0 Å². The third kappa shape index (κ3) is 5.96. The molecule has 0 aliphatic heterocycles. The Morgan fingerprint density at radius 1 is 0.227 bits per heavy atom. The van der Waals surface area contributed by atoms with Gasteiger partial charge in [-0.15, -0.1) is 11.3 Å². The molecule has 3 heterocycles. The Hall–Kier alpha value is -9.54. The maximum Gasteiger partial charge on any atom is 0.136 e. The Bertz CT molecular complexity index is 5200. The fourth-order valence-corrected chi connectivity index (χ4v) is 14.1. The molecule has 17 rings (SSSR count). The predicted octanol–water partition coefficient (Wildman–Crippen LogP) is 21.4. The SMILES string of the molecule is c1ccc2cc3c(cc2c1)oc1ccc(-c2c4ccccc4c(-c4ccc5sc6c(-c7c8ccccc8c(-c8ccc9oc%10cc%11ccccc%11cc%10c9c8)c8ccccc78)cccc6c5c4)c4ccccc24)cc13. The smallest absolute Gasteiger partial charge is 0.136 e. The number of rotatable bonds is 4. The first-order chi connectivity index (χ1) is 37.2. The van der Waals surface area contributed by atoms with Crippen molar-refractivity contribution in [1.82, 2.24) is 0 Å². The molecule has 346 valence electrons. The van der Waals surface area contributed by atoms with E-state index < -0.39 is 0 Å². The number of hydrogen-bond donors (Lipinski definition) is 0. The largest absolute Gasteiger partial charge is 0.456 e. The molecule has 17 aromatic rings. The molecule has 0 radical (unpaired) electrons. The molecule has 0 spiro atoms. The molecule has 3 heteroatoms. The van der Waals surface area contributed by atoms with Crippen molar-refractivity contribution in [3.8, 4) is 44.5 Å². The van der Waals surface area contributed by atoms with Gasteiger partial charge < -0.3 is 8.83 Å². The van der Waals surface area contributed by atoms with Crippen molar-refractivity contribution >= 4 is 140 Å². The van der Waals surface area contributed by atoms with E-state index in [0.717, 1.165) is 43.9 Å². The molecule has 0 aliphatic rings. The van der Waals surface area contributed by atoms with Crippen molar-refractivity contribution in [2.24, 2.45) is 0 Å². The quantitative estimate of drug-likeness (QED) is 0.164. The second-order valence-corrected chi connectivity index (χ2v) is 21.2. The van der Waals surface area contributed by atoms with Gasteiger partial charge in [-0.05, 0) is 164 Å². The number of thiophene rings is 1. The van der Waals surface area contributed by atoms with Gasteiger partial charge in [-0.2, -0.15) is 0 Å². The topological polar surface area (TPSA) is 26.3 Å². The van der Waals surface area contributed by atoms with E-state index in [9.17, 15) is 0 Å². The second-order valence-electron chi connectivity index (χ2n) is 20.2. The Kier molecular flexibility index (Phi) is 8.46. The molecular formula is C72H40O2S. The molecular weight excluding hydrogens is 929 g/mol. The number of furan rings is 2. The minimum atomic E-state index is 0.902. The van der Waals surface area contributed by atoms with Gasteiger partial charge in [-0.25, -0.2) is 0 Å². The van der Waals surface area contributed by atoms with Crippen molar-refractivity contribution in [2.45, 2.75) is 0 Å². The third-order valence-corrected chi connectivity index (χ3v) is 17.4. The average Bonchev–Trinajstić information content (AvgIpc) is 4.15. The lowest BCUT2D eigenvalue weighted by Crippen LogP contribution is -1.91. The van der Waals surface area contributed by atoms with Crippen molar-refractivity contribution in [3.63, 3.8) is 0 Å². The standard InChI is InChI=1S/C72H40O2S/c1-3-16-43-39-65-60(34-41(43)14-1)58-36-45(28-31-63(58)73-65)68-48-18-5-7-20-50(48)70(51-21-8-6-19-49(51)68)47-30-33-67-62(38-47)56-26-13-27-57(72(56)75-67)71-54-24-11-9-22-52(54)69(53-23-10-12-25-55(53)71)46-29-32-64-59(37-46)61-35-42-15-2-4-17-44(42)40-66(61)74-64/h1-40H. The van der Waals surface area contributed by atoms with Gasteiger partial charge in [0.25, 0.3) is 0 Å². The molecule has 0 amide bonds. The van der Waals surface area contributed by atoms with E-state index in [1.165, 1.54) is 129 Å². The molecule has 0 saturated heterocycles. The summed E-state index contributed by atoms with van der Waals surface area (Å²) in [4.78, 5) is 0. The molecule has 0 N–H and O–H groups in total. The summed E-state index contributed by atoms with van der Waals surface area (Å²) in [6.07, 6.45) is 0. The van der Waals surface area contributed by atoms with Crippen LogP contribution in [0.4, 0.5) is 0 Å². The summed E-state index contributed by atoms with van der Waals surface area (Å²) in [6.45, 7) is 0. The summed E-state index contributed by atoms with van der Waals surface area (Å²) in [7, 11) is 0. The molecule has 2 nitrogen and oxygen atoms in total. The highest BCUT2D eigenvalue weighted by Gasteiger charge is 2.23. The summed E-state index contributed by atoms with van der Waals surface area (Å²) < 4.78 is 15.5. The normalized spacial score (nSPS) is 12.3. The molecule has 0 atom stereocenters. The third-order valence-electron chi connectivity index (χ3n) is 16.2. The average molecular weight is 969 g/mol. The van der Waals surface area contributed by atoms with Crippen LogP contribution >= 0.6 is 11.3 Å². The highest BCUT2D eigenvalue weighted by Crippen LogP contribution is 2.51. The zero-order valence-corrected chi connectivity index (χ0v) is 41.1. The lowest BCUT2D eigenvalue weighted by atomic mass is 9.85. The lowest BCUT2D eigenvalue weighted by Gasteiger charge is -2.18. The van der Waals surface area contributed by atoms with Gasteiger partial charge in [0.1, 0.15) is 22.3 Å². The van der Waals surface area contributed by atoms with Crippen LogP contribution in [-0.2, 0) is 0 Å². The summed E-state index contributed by atoms with van der Waals surface area (Å²) in [5.74, 6) is 0. The van der Waals surface area contributed by atoms with Gasteiger partial charge in [-0.1, -0.05) is 182 Å². The maximum absolute atomic E-state index is 6.49. The Labute approximate surface area is 433 Å². The summed E-state index contributed by atoms with van der Waals surface area (Å²) in [5.41, 5.74) is 13.5. The molecule has 75 heavy (non-hydrogen) atoms. The number of fused-ring (bicyclic) bond motifs is 15. The Morgan fingerprint density at radius 3 is 1.01 bits per heavy atom. The molecule has 0 aliphatic carbocycles. The van der Waals surface area contributed by atoms with Crippen molar-refractivity contribution < 1.29 is 8.83 Å². The van der Waals surface area contributed by atoms with E-state index in [2.05, 4.69) is 243 Å². The van der Waals surface area contributed by atoms with Crippen molar-refractivity contribution in [1.29, 1.82) is 0 Å². The first-order valence-corrected chi connectivity index (χ1v) is 26.5. The summed E-state index contributed by atoms with van der Waals surface area (Å²) in [5, 5.41) is 21.8. The van der Waals surface area contributed by atoms with Gasteiger partial charge in [0.2, 0.25) is 0 Å². The van der Waals surface area contributed by atoms with Gasteiger partial charge in [-0.3, -0.25) is 0 Å². The van der Waals surface area contributed by atoms with E-state index in [1.807, 2.05) is 11.3 Å². The molecule has 0 unspecified atom stereocenters. The zero-order chi connectivity index (χ0) is 48.9. The Morgan fingerprint density at radius 2 is 0.573 bits per heavy atom. The van der Waals surface area contributed by atoms with Crippen molar-refractivity contribution in [2.75, 3.05) is 0 Å². The van der Waals surface area contributed by atoms with Gasteiger partial charge in [0, 0.05) is 47.3 Å². The molecule has 14 aromatic carbocycles. The fraction of sp³-hybridized carbons (Fsp3) is 0. The fourth-order valence-electron chi connectivity index (χ4n) is 12.9. The Balaban J connectivity index is 0.843. The van der Waals surface area contributed by atoms with Crippen LogP contribution < -0.4 is 0 Å². The monoisotopic (exact) mass is 968 g/mol. The predicted molar refractivity (Wildman–Crippen MR) is 321 cm³/mol. The molecule has 0 fully saturated rings. The van der Waals surface area contributed by atoms with Crippen LogP contribution in [0.1, 0.15) is 0 Å². The van der Waals surface area contributed by atoms with E-state index >= 15 is 0 Å². The number of hydrogen-bond acceptors (Lipinski definition) is 3. The van der Waals surface area contributed by atoms with Crippen LogP contribution in [-0.4, -0.2) is 0 Å². The minimum absolute atomic E-state index is 0.902. The highest BCUT2D eigenvalue weighted by atomic mass is 32.1. The first-order valence-electron chi connectivity index (χ1n) is 25.7. The number of benzene rings is 14. The van der Waals surface area contributed by atoms with Gasteiger partial charge in [0.15, 0.2) is 0 Å². The molecule has 0 saturated carbocycles. The van der Waals surface area contributed by atoms with E-state index in [0.29, 0.717) is 0 Å². The van der Waals surface area contributed by atoms with Gasteiger partial charge in [0.05, 0.1) is 0 Å². The van der Waals surface area contributed by atoms with E-state index in [1.54, 1.807) is 0 Å². The second kappa shape index (κ2) is 15.5. The van der Waals surface area contributed by atoms with Crippen LogP contribution in [0.2, 0.25) is 0 Å². The zero-order valence-electron chi connectivity index (χ0n) is 40.3. The minimum Gasteiger partial charge on any atom is -0.456 e. The van der Waals surface area contributed by atoms with E-state index in [4.69, 9.17) is 8.83 Å². The van der Waals surface area contributed by atoms with Crippen LogP contribution in [0.3, 0.4) is 0 Å². The first kappa shape index (κ1) is 41.0. The summed E-state index contributed by atoms with van der Waals surface area (Å²) in [6, 6.07) is 89.5. The summed E-state index contributed by atoms with van der Waals surface area (Å²) >= 11 is 1.90. The van der Waals surface area contributed by atoms with Crippen molar-refractivity contribution in [3.05, 3.63) is 243 Å². The van der Waals surface area contributed by atoms with Gasteiger partial charge >= 0.3 is 0 Å². The molecule has 3 aromatic heterocycles. The van der Waals surface area contributed by atoms with Crippen LogP contribution in [0.15, 0.2) is 251 Å². The maximum atomic E-state index is 6.49. The van der Waals surface area contributed by atoms with Crippen LogP contribution in [0.5, 0.6) is 0 Å². The molecule has 0 bridgehead atoms. The van der Waals surface area contributed by atoms with Crippen LogP contribution in [0, 0.1) is 0 Å². The lowest BCUT2D eigenvalue weighted by molar-refractivity contribution is 0.669.